The topological polar surface area (TPSA) is 70.1 Å². The summed E-state index contributed by atoms with van der Waals surface area (Å²) >= 11 is 0. The molecule has 0 saturated carbocycles. The monoisotopic (exact) mass is 229 g/mol. The van der Waals surface area contributed by atoms with Gasteiger partial charge in [-0.15, -0.1) is 0 Å². The fraction of sp³-hybridized carbons (Fsp3) is 0.231. The Morgan fingerprint density at radius 2 is 2.12 bits per heavy atom. The minimum Gasteiger partial charge on any atom is -0.374 e. The lowest BCUT2D eigenvalue weighted by atomic mass is 10.2. The Morgan fingerprint density at radius 1 is 1.47 bits per heavy atom. The Morgan fingerprint density at radius 3 is 2.65 bits per heavy atom. The predicted molar refractivity (Wildman–Crippen MR) is 68.2 cm³/mol. The first kappa shape index (κ1) is 12.8. The number of amides is 1. The van der Waals surface area contributed by atoms with Gasteiger partial charge in [-0.05, 0) is 23.8 Å². The number of nitrogens with two attached hydrogens (primary N) is 1. The summed E-state index contributed by atoms with van der Waals surface area (Å²) in [5.74, 6) is -0.458. The maximum absolute atomic E-state index is 10.6. The highest BCUT2D eigenvalue weighted by atomic mass is 16.1. The van der Waals surface area contributed by atoms with Crippen molar-refractivity contribution in [1.82, 2.24) is 0 Å². The molecule has 88 valence electrons. The van der Waals surface area contributed by atoms with E-state index in [0.717, 1.165) is 11.3 Å². The number of benzene rings is 1. The Labute approximate surface area is 101 Å². The maximum Gasteiger partial charge on any atom is 0.241 e. The van der Waals surface area contributed by atoms with Crippen LogP contribution >= 0.6 is 0 Å². The van der Waals surface area contributed by atoms with Gasteiger partial charge in [-0.25, -0.2) is 0 Å². The number of nitrogens with zero attached hydrogens (tertiary/aromatic N) is 2. The van der Waals surface area contributed by atoms with E-state index in [0.29, 0.717) is 13.0 Å². The van der Waals surface area contributed by atoms with Gasteiger partial charge in [0.2, 0.25) is 5.91 Å². The smallest absolute Gasteiger partial charge is 0.241 e. The predicted octanol–water partition coefficient (Wildman–Crippen LogP) is 1.53. The van der Waals surface area contributed by atoms with Crippen molar-refractivity contribution in [2.75, 3.05) is 18.5 Å². The zero-order valence-corrected chi connectivity index (χ0v) is 9.76. The van der Waals surface area contributed by atoms with Crippen LogP contribution in [0.2, 0.25) is 0 Å². The van der Waals surface area contributed by atoms with E-state index in [1.165, 1.54) is 6.08 Å². The van der Waals surface area contributed by atoms with Crippen molar-refractivity contribution in [2.24, 2.45) is 5.73 Å². The van der Waals surface area contributed by atoms with Gasteiger partial charge >= 0.3 is 0 Å². The van der Waals surface area contributed by atoms with Crippen LogP contribution < -0.4 is 10.6 Å². The molecule has 1 aromatic rings. The van der Waals surface area contributed by atoms with Crippen molar-refractivity contribution in [3.05, 3.63) is 35.9 Å². The first-order chi connectivity index (χ1) is 8.13. The largest absolute Gasteiger partial charge is 0.374 e. The lowest BCUT2D eigenvalue weighted by molar-refractivity contribution is -0.113. The van der Waals surface area contributed by atoms with Gasteiger partial charge in [0.25, 0.3) is 0 Å². The second-order valence-corrected chi connectivity index (χ2v) is 3.66. The molecule has 1 amide bonds. The van der Waals surface area contributed by atoms with Gasteiger partial charge in [0.1, 0.15) is 0 Å². The summed E-state index contributed by atoms with van der Waals surface area (Å²) in [5, 5.41) is 8.50. The van der Waals surface area contributed by atoms with Gasteiger partial charge in [0.05, 0.1) is 12.5 Å². The summed E-state index contributed by atoms with van der Waals surface area (Å²) in [7, 11) is 1.94. The molecule has 0 fully saturated rings. The molecule has 0 bridgehead atoms. The third-order valence-electron chi connectivity index (χ3n) is 2.33. The molecular formula is C13H15N3O. The van der Waals surface area contributed by atoms with Crippen molar-refractivity contribution < 1.29 is 4.79 Å². The zero-order chi connectivity index (χ0) is 12.7. The molecule has 0 radical (unpaired) electrons. The first-order valence-electron chi connectivity index (χ1n) is 5.29. The summed E-state index contributed by atoms with van der Waals surface area (Å²) in [6.07, 6.45) is 3.50. The molecule has 0 spiro atoms. The van der Waals surface area contributed by atoms with Crippen LogP contribution in [0.25, 0.3) is 6.08 Å². The summed E-state index contributed by atoms with van der Waals surface area (Å²) in [6, 6.07) is 9.79. The van der Waals surface area contributed by atoms with Crippen molar-refractivity contribution in [2.45, 2.75) is 6.42 Å². The number of primary amides is 1. The van der Waals surface area contributed by atoms with Crippen molar-refractivity contribution in [3.8, 4) is 6.07 Å². The van der Waals surface area contributed by atoms with Crippen molar-refractivity contribution in [3.63, 3.8) is 0 Å². The summed E-state index contributed by atoms with van der Waals surface area (Å²) < 4.78 is 0. The Kier molecular flexibility index (Phi) is 4.77. The molecule has 1 rings (SSSR count). The average molecular weight is 229 g/mol. The van der Waals surface area contributed by atoms with Gasteiger partial charge in [-0.3, -0.25) is 4.79 Å². The summed E-state index contributed by atoms with van der Waals surface area (Å²) in [4.78, 5) is 12.6. The van der Waals surface area contributed by atoms with Crippen LogP contribution in [0.3, 0.4) is 0 Å². The highest BCUT2D eigenvalue weighted by molar-refractivity contribution is 5.90. The minimum atomic E-state index is -0.458. The van der Waals surface area contributed by atoms with E-state index in [1.54, 1.807) is 6.08 Å². The second-order valence-electron chi connectivity index (χ2n) is 3.66. The van der Waals surface area contributed by atoms with Gasteiger partial charge in [-0.2, -0.15) is 5.26 Å². The van der Waals surface area contributed by atoms with Crippen LogP contribution in [0.5, 0.6) is 0 Å². The maximum atomic E-state index is 10.6. The van der Waals surface area contributed by atoms with Crippen LogP contribution in [-0.4, -0.2) is 19.5 Å². The third kappa shape index (κ3) is 4.39. The standard InChI is InChI=1S/C13H15N3O/c1-16(10-2-9-14)12-6-3-11(4-7-12)5-8-13(15)17/h3-8H,2,10H2,1H3,(H2,15,17). The fourth-order valence-corrected chi connectivity index (χ4v) is 1.37. The van der Waals surface area contributed by atoms with E-state index in [2.05, 4.69) is 6.07 Å². The number of nitriles is 1. The number of carbonyl (C=O) groups excluding carboxylic acids is 1. The summed E-state index contributed by atoms with van der Waals surface area (Å²) in [5.41, 5.74) is 6.96. The third-order valence-corrected chi connectivity index (χ3v) is 2.33. The van der Waals surface area contributed by atoms with Crippen molar-refractivity contribution in [1.29, 1.82) is 5.26 Å². The number of hydrogen-bond donors (Lipinski definition) is 1. The molecule has 4 heteroatoms. The number of hydrogen-bond acceptors (Lipinski definition) is 3. The van der Waals surface area contributed by atoms with Crippen LogP contribution in [0, 0.1) is 11.3 Å². The highest BCUT2D eigenvalue weighted by Crippen LogP contribution is 2.14. The van der Waals surface area contributed by atoms with Crippen LogP contribution in [0.4, 0.5) is 5.69 Å². The highest BCUT2D eigenvalue weighted by Gasteiger charge is 1.99. The van der Waals surface area contributed by atoms with Gasteiger partial charge in [0.15, 0.2) is 0 Å². The van der Waals surface area contributed by atoms with E-state index in [1.807, 2.05) is 36.2 Å². The number of rotatable bonds is 5. The molecule has 2 N–H and O–H groups in total. The van der Waals surface area contributed by atoms with Crippen LogP contribution in [-0.2, 0) is 4.79 Å². The van der Waals surface area contributed by atoms with E-state index in [4.69, 9.17) is 11.0 Å². The number of carbonyl (C=O) groups is 1. The zero-order valence-electron chi connectivity index (χ0n) is 9.76. The van der Waals surface area contributed by atoms with E-state index in [-0.39, 0.29) is 0 Å². The van der Waals surface area contributed by atoms with E-state index >= 15 is 0 Å². The fourth-order valence-electron chi connectivity index (χ4n) is 1.37. The molecule has 0 unspecified atom stereocenters. The molecular weight excluding hydrogens is 214 g/mol. The lowest BCUT2D eigenvalue weighted by Gasteiger charge is -2.17. The Balaban J connectivity index is 2.68. The molecule has 1 aromatic carbocycles. The van der Waals surface area contributed by atoms with E-state index in [9.17, 15) is 4.79 Å². The molecule has 0 aliphatic heterocycles. The Bertz CT molecular complexity index is 443. The molecule has 0 saturated heterocycles. The first-order valence-corrected chi connectivity index (χ1v) is 5.29. The van der Waals surface area contributed by atoms with E-state index < -0.39 is 5.91 Å². The quantitative estimate of drug-likeness (QED) is 0.778. The minimum absolute atomic E-state index is 0.458. The lowest BCUT2D eigenvalue weighted by Crippen LogP contribution is -2.17. The Hall–Kier alpha value is -2.28. The molecule has 0 aliphatic rings. The number of anilines is 1. The van der Waals surface area contributed by atoms with Crippen LogP contribution in [0.15, 0.2) is 30.3 Å². The molecule has 0 aliphatic carbocycles. The van der Waals surface area contributed by atoms with Gasteiger partial charge in [-0.1, -0.05) is 12.1 Å². The normalized spacial score (nSPS) is 10.1. The molecule has 4 nitrogen and oxygen atoms in total. The van der Waals surface area contributed by atoms with Gasteiger partial charge in [0, 0.05) is 25.4 Å². The average Bonchev–Trinajstić information content (AvgIpc) is 2.34. The van der Waals surface area contributed by atoms with Gasteiger partial charge < -0.3 is 10.6 Å². The SMILES string of the molecule is CN(CCC#N)c1ccc(C=CC(N)=O)cc1. The second kappa shape index (κ2) is 6.33. The molecule has 0 heterocycles. The summed E-state index contributed by atoms with van der Waals surface area (Å²) in [6.45, 7) is 0.701. The van der Waals surface area contributed by atoms with Crippen LogP contribution in [0.1, 0.15) is 12.0 Å². The molecule has 17 heavy (non-hydrogen) atoms. The molecule has 0 aromatic heterocycles. The van der Waals surface area contributed by atoms with Crippen molar-refractivity contribution >= 4 is 17.7 Å². The molecule has 0 atom stereocenters.